The van der Waals surface area contributed by atoms with Crippen LogP contribution in [0.4, 0.5) is 5.69 Å². The highest BCUT2D eigenvalue weighted by Crippen LogP contribution is 2.31. The zero-order valence-corrected chi connectivity index (χ0v) is 12.9. The summed E-state index contributed by atoms with van der Waals surface area (Å²) in [7, 11) is 0. The van der Waals surface area contributed by atoms with Gasteiger partial charge < -0.3 is 10.0 Å². The smallest absolute Gasteiger partial charge is 0.323 e. The Morgan fingerprint density at radius 3 is 2.45 bits per heavy atom. The summed E-state index contributed by atoms with van der Waals surface area (Å²) in [6.07, 6.45) is 0. The van der Waals surface area contributed by atoms with Crippen molar-refractivity contribution in [3.05, 3.63) is 51.2 Å². The topological polar surface area (TPSA) is 40.5 Å². The van der Waals surface area contributed by atoms with Gasteiger partial charge in [-0.2, -0.15) is 0 Å². The van der Waals surface area contributed by atoms with Gasteiger partial charge in [-0.3, -0.25) is 4.79 Å². The zero-order chi connectivity index (χ0) is 14.7. The van der Waals surface area contributed by atoms with Crippen molar-refractivity contribution in [3.63, 3.8) is 0 Å². The number of carboxylic acids is 1. The molecule has 20 heavy (non-hydrogen) atoms. The molecule has 0 bridgehead atoms. The summed E-state index contributed by atoms with van der Waals surface area (Å²) in [6, 6.07) is 11.4. The molecule has 106 valence electrons. The number of thiophene rings is 1. The molecule has 0 aliphatic carbocycles. The molecule has 0 fully saturated rings. The number of carboxylic acid groups (broad SMARTS) is 1. The number of rotatable bonds is 5. The van der Waals surface area contributed by atoms with Crippen molar-refractivity contribution in [2.75, 3.05) is 11.4 Å². The van der Waals surface area contributed by atoms with E-state index < -0.39 is 5.97 Å². The highest BCUT2D eigenvalue weighted by molar-refractivity contribution is 7.12. The van der Waals surface area contributed by atoms with Crippen molar-refractivity contribution in [3.8, 4) is 0 Å². The molecule has 0 spiro atoms. The fourth-order valence-electron chi connectivity index (χ4n) is 2.06. The maximum atomic E-state index is 11.1. The summed E-state index contributed by atoms with van der Waals surface area (Å²) in [4.78, 5) is 15.4. The molecule has 1 unspecified atom stereocenters. The molecule has 3 nitrogen and oxygen atoms in total. The zero-order valence-electron chi connectivity index (χ0n) is 11.3. The fourth-order valence-corrected chi connectivity index (χ4v) is 3.13. The minimum Gasteiger partial charge on any atom is -0.480 e. The molecule has 1 N–H and O–H groups in total. The average Bonchev–Trinajstić information content (AvgIpc) is 2.83. The average molecular weight is 310 g/mol. The first-order valence-corrected chi connectivity index (χ1v) is 7.47. The lowest BCUT2D eigenvalue weighted by Crippen LogP contribution is -2.31. The Hall–Kier alpha value is -1.52. The molecule has 1 atom stereocenters. The summed E-state index contributed by atoms with van der Waals surface area (Å²) >= 11 is 7.58. The van der Waals surface area contributed by atoms with E-state index in [4.69, 9.17) is 16.7 Å². The van der Waals surface area contributed by atoms with Crippen LogP contribution in [-0.4, -0.2) is 17.6 Å². The van der Waals surface area contributed by atoms with Crippen LogP contribution in [0.1, 0.15) is 22.7 Å². The number of halogens is 1. The second-order valence-electron chi connectivity index (χ2n) is 4.62. The molecule has 2 rings (SSSR count). The minimum absolute atomic E-state index is 0.00553. The minimum atomic E-state index is -0.847. The van der Waals surface area contributed by atoms with Crippen molar-refractivity contribution in [2.24, 2.45) is 0 Å². The maximum absolute atomic E-state index is 11.1. The quantitative estimate of drug-likeness (QED) is 0.892. The first kappa shape index (κ1) is 14.9. The lowest BCUT2D eigenvalue weighted by molar-refractivity contribution is -0.135. The van der Waals surface area contributed by atoms with Crippen LogP contribution in [-0.2, 0) is 4.79 Å². The first-order chi connectivity index (χ1) is 9.47. The second-order valence-corrected chi connectivity index (χ2v) is 6.38. The van der Waals surface area contributed by atoms with Crippen LogP contribution in [0.2, 0.25) is 5.02 Å². The second kappa shape index (κ2) is 6.29. The van der Waals surface area contributed by atoms with E-state index in [1.165, 1.54) is 4.88 Å². The Morgan fingerprint density at radius 1 is 1.30 bits per heavy atom. The van der Waals surface area contributed by atoms with Gasteiger partial charge in [0.05, 0.1) is 6.04 Å². The van der Waals surface area contributed by atoms with Gasteiger partial charge in [-0.15, -0.1) is 11.3 Å². The molecule has 5 heteroatoms. The number of nitrogens with zero attached hydrogens (tertiary/aromatic N) is 1. The highest BCUT2D eigenvalue weighted by atomic mass is 35.5. The summed E-state index contributed by atoms with van der Waals surface area (Å²) < 4.78 is 0. The number of hydrogen-bond acceptors (Lipinski definition) is 3. The molecule has 0 saturated carbocycles. The normalized spacial score (nSPS) is 12.2. The molecule has 0 amide bonds. The van der Waals surface area contributed by atoms with E-state index in [1.54, 1.807) is 23.5 Å². The van der Waals surface area contributed by atoms with Gasteiger partial charge in [0.1, 0.15) is 6.54 Å². The van der Waals surface area contributed by atoms with E-state index in [0.717, 1.165) is 10.6 Å². The van der Waals surface area contributed by atoms with E-state index >= 15 is 0 Å². The number of benzene rings is 1. The van der Waals surface area contributed by atoms with Crippen LogP contribution in [0.25, 0.3) is 0 Å². The van der Waals surface area contributed by atoms with Crippen LogP contribution < -0.4 is 4.90 Å². The molecule has 1 aromatic heterocycles. The number of anilines is 1. The van der Waals surface area contributed by atoms with E-state index in [9.17, 15) is 4.79 Å². The molecular formula is C15H16ClNO2S. The third-order valence-corrected chi connectivity index (χ3v) is 4.53. The van der Waals surface area contributed by atoms with Gasteiger partial charge in [-0.05, 0) is 50.2 Å². The third-order valence-electron chi connectivity index (χ3n) is 3.10. The van der Waals surface area contributed by atoms with Crippen molar-refractivity contribution in [1.29, 1.82) is 0 Å². The van der Waals surface area contributed by atoms with Gasteiger partial charge in [-0.1, -0.05) is 11.6 Å². The molecule has 0 saturated heterocycles. The van der Waals surface area contributed by atoms with Crippen molar-refractivity contribution < 1.29 is 9.90 Å². The number of carbonyl (C=O) groups is 1. The van der Waals surface area contributed by atoms with Crippen LogP contribution >= 0.6 is 22.9 Å². The molecule has 2 aromatic rings. The van der Waals surface area contributed by atoms with Crippen LogP contribution in [0.15, 0.2) is 36.4 Å². The summed E-state index contributed by atoms with van der Waals surface area (Å²) in [5, 5.41) is 9.78. The van der Waals surface area contributed by atoms with E-state index in [2.05, 4.69) is 12.1 Å². The predicted octanol–water partition coefficient (Wildman–Crippen LogP) is 4.36. The first-order valence-electron chi connectivity index (χ1n) is 6.27. The van der Waals surface area contributed by atoms with Crippen LogP contribution in [0.5, 0.6) is 0 Å². The van der Waals surface area contributed by atoms with E-state index in [0.29, 0.717) is 5.02 Å². The Morgan fingerprint density at radius 2 is 1.95 bits per heavy atom. The molecule has 0 radical (unpaired) electrons. The van der Waals surface area contributed by atoms with Crippen LogP contribution in [0.3, 0.4) is 0 Å². The number of hydrogen-bond donors (Lipinski definition) is 1. The van der Waals surface area contributed by atoms with Crippen molar-refractivity contribution in [1.82, 2.24) is 0 Å². The predicted molar refractivity (Wildman–Crippen MR) is 83.9 cm³/mol. The van der Waals surface area contributed by atoms with Gasteiger partial charge in [-0.25, -0.2) is 0 Å². The third kappa shape index (κ3) is 3.52. The lowest BCUT2D eigenvalue weighted by atomic mass is 10.2. The standard InChI is InChI=1S/C15H16ClNO2S/c1-10-3-8-14(20-10)11(2)17(9-15(18)19)13-6-4-12(16)5-7-13/h3-8,11H,9H2,1-2H3,(H,18,19). The summed E-state index contributed by atoms with van der Waals surface area (Å²) in [5.74, 6) is -0.847. The van der Waals surface area contributed by atoms with Gasteiger partial charge in [0.15, 0.2) is 0 Å². The Balaban J connectivity index is 2.31. The maximum Gasteiger partial charge on any atom is 0.323 e. The number of aryl methyl sites for hydroxylation is 1. The largest absolute Gasteiger partial charge is 0.480 e. The molecule has 0 aliphatic heterocycles. The highest BCUT2D eigenvalue weighted by Gasteiger charge is 2.20. The molecule has 1 heterocycles. The molecule has 1 aromatic carbocycles. The van der Waals surface area contributed by atoms with Gasteiger partial charge >= 0.3 is 5.97 Å². The summed E-state index contributed by atoms with van der Waals surface area (Å²) in [6.45, 7) is 4.02. The van der Waals surface area contributed by atoms with Gasteiger partial charge in [0, 0.05) is 20.5 Å². The van der Waals surface area contributed by atoms with E-state index in [-0.39, 0.29) is 12.6 Å². The SMILES string of the molecule is Cc1ccc(C(C)N(CC(=O)O)c2ccc(Cl)cc2)s1. The molecular weight excluding hydrogens is 294 g/mol. The van der Waals surface area contributed by atoms with Crippen molar-refractivity contribution in [2.45, 2.75) is 19.9 Å². The Kier molecular flexibility index (Phi) is 4.68. The molecule has 0 aliphatic rings. The van der Waals surface area contributed by atoms with Crippen LogP contribution in [0, 0.1) is 6.92 Å². The van der Waals surface area contributed by atoms with E-state index in [1.807, 2.05) is 30.9 Å². The van der Waals surface area contributed by atoms with Crippen molar-refractivity contribution >= 4 is 34.6 Å². The fraction of sp³-hybridized carbons (Fsp3) is 0.267. The Bertz CT molecular complexity index is 594. The summed E-state index contributed by atoms with van der Waals surface area (Å²) in [5.41, 5.74) is 0.857. The lowest BCUT2D eigenvalue weighted by Gasteiger charge is -2.29. The van der Waals surface area contributed by atoms with Gasteiger partial charge in [0.25, 0.3) is 0 Å². The van der Waals surface area contributed by atoms with Gasteiger partial charge in [0.2, 0.25) is 0 Å². The Labute approximate surface area is 127 Å². The number of aliphatic carboxylic acids is 1. The monoisotopic (exact) mass is 309 g/mol.